The molecule has 2 atom stereocenters. The highest BCUT2D eigenvalue weighted by molar-refractivity contribution is 5.77. The molecule has 0 saturated heterocycles. The molecule has 1 aliphatic heterocycles. The van der Waals surface area contributed by atoms with E-state index in [9.17, 15) is 19.2 Å². The molecule has 0 unspecified atom stereocenters. The Labute approximate surface area is 195 Å². The minimum Gasteiger partial charge on any atom is -0.489 e. The highest BCUT2D eigenvalue weighted by Crippen LogP contribution is 2.59. The maximum Gasteiger partial charge on any atom is 0.308 e. The molecule has 178 valence electrons. The quantitative estimate of drug-likeness (QED) is 0.491. The largest absolute Gasteiger partial charge is 0.489 e. The van der Waals surface area contributed by atoms with Crippen LogP contribution in [0.15, 0.2) is 24.3 Å². The Balaban J connectivity index is 1.89. The summed E-state index contributed by atoms with van der Waals surface area (Å²) in [5.74, 6) is -1.74. The molecule has 0 aromatic heterocycles. The molecular formula is C25H24O9. The van der Waals surface area contributed by atoms with E-state index < -0.39 is 23.9 Å². The monoisotopic (exact) mass is 468 g/mol. The molecule has 0 bridgehead atoms. The molecule has 2 aromatic rings. The third-order valence-corrected chi connectivity index (χ3v) is 5.78. The first kappa shape index (κ1) is 23.3. The lowest BCUT2D eigenvalue weighted by Gasteiger charge is -2.38. The van der Waals surface area contributed by atoms with Crippen molar-refractivity contribution in [1.29, 1.82) is 0 Å². The van der Waals surface area contributed by atoms with Gasteiger partial charge in [0.25, 0.3) is 0 Å². The van der Waals surface area contributed by atoms with Gasteiger partial charge in [-0.05, 0) is 35.7 Å². The van der Waals surface area contributed by atoms with Crippen LogP contribution < -0.4 is 23.7 Å². The Morgan fingerprint density at radius 2 is 1.35 bits per heavy atom. The average molecular weight is 468 g/mol. The lowest BCUT2D eigenvalue weighted by atomic mass is 9.73. The van der Waals surface area contributed by atoms with E-state index in [1.54, 1.807) is 24.3 Å². The van der Waals surface area contributed by atoms with Gasteiger partial charge < -0.3 is 23.7 Å². The SMILES string of the molecule is CC(=O)Oc1cc2c(cc1OC(C)=O)[C@@H]1c3ccc(OC(C)=O)c(OC(C)=O)c3OC[C@]1(C)C2. The zero-order valence-corrected chi connectivity index (χ0v) is 19.5. The number of rotatable bonds is 4. The molecule has 1 aliphatic carbocycles. The second-order valence-corrected chi connectivity index (χ2v) is 8.74. The fourth-order valence-electron chi connectivity index (χ4n) is 4.75. The van der Waals surface area contributed by atoms with Gasteiger partial charge in [-0.2, -0.15) is 0 Å². The van der Waals surface area contributed by atoms with Crippen molar-refractivity contribution in [2.75, 3.05) is 6.61 Å². The maximum absolute atomic E-state index is 11.8. The van der Waals surface area contributed by atoms with Crippen LogP contribution in [0.3, 0.4) is 0 Å². The molecule has 0 fully saturated rings. The smallest absolute Gasteiger partial charge is 0.308 e. The molecule has 2 aliphatic rings. The van der Waals surface area contributed by atoms with Crippen molar-refractivity contribution in [1.82, 2.24) is 0 Å². The van der Waals surface area contributed by atoms with Gasteiger partial charge in [0.05, 0.1) is 6.61 Å². The highest BCUT2D eigenvalue weighted by Gasteiger charge is 2.49. The van der Waals surface area contributed by atoms with E-state index in [0.717, 1.165) is 16.7 Å². The van der Waals surface area contributed by atoms with E-state index >= 15 is 0 Å². The Morgan fingerprint density at radius 1 is 0.794 bits per heavy atom. The van der Waals surface area contributed by atoms with Crippen molar-refractivity contribution in [2.24, 2.45) is 5.41 Å². The van der Waals surface area contributed by atoms with Crippen LogP contribution in [0.5, 0.6) is 28.7 Å². The van der Waals surface area contributed by atoms with Gasteiger partial charge in [0.1, 0.15) is 0 Å². The normalized spacial score (nSPS) is 19.6. The first-order valence-electron chi connectivity index (χ1n) is 10.7. The van der Waals surface area contributed by atoms with Gasteiger partial charge in [-0.1, -0.05) is 13.0 Å². The first-order valence-corrected chi connectivity index (χ1v) is 10.7. The van der Waals surface area contributed by atoms with E-state index in [4.69, 9.17) is 23.7 Å². The van der Waals surface area contributed by atoms with Gasteiger partial charge in [-0.15, -0.1) is 0 Å². The molecule has 9 nitrogen and oxygen atoms in total. The molecule has 0 radical (unpaired) electrons. The minimum atomic E-state index is -0.589. The third kappa shape index (κ3) is 4.21. The van der Waals surface area contributed by atoms with Gasteiger partial charge in [-0.3, -0.25) is 19.2 Å². The fourth-order valence-corrected chi connectivity index (χ4v) is 4.75. The first-order chi connectivity index (χ1) is 16.0. The number of ether oxygens (including phenoxy) is 5. The molecule has 4 rings (SSSR count). The van der Waals surface area contributed by atoms with Crippen molar-refractivity contribution in [2.45, 2.75) is 47.0 Å². The average Bonchev–Trinajstić information content (AvgIpc) is 2.99. The molecule has 9 heteroatoms. The fraction of sp³-hybridized carbons (Fsp3) is 0.360. The van der Waals surface area contributed by atoms with Crippen LogP contribution in [0.25, 0.3) is 0 Å². The van der Waals surface area contributed by atoms with Crippen LogP contribution in [0.2, 0.25) is 0 Å². The topological polar surface area (TPSA) is 114 Å². The zero-order valence-electron chi connectivity index (χ0n) is 19.5. The summed E-state index contributed by atoms with van der Waals surface area (Å²) in [4.78, 5) is 46.7. The summed E-state index contributed by atoms with van der Waals surface area (Å²) < 4.78 is 27.3. The van der Waals surface area contributed by atoms with Crippen molar-refractivity contribution in [3.63, 3.8) is 0 Å². The third-order valence-electron chi connectivity index (χ3n) is 5.78. The summed E-state index contributed by atoms with van der Waals surface area (Å²) in [6.45, 7) is 7.37. The summed E-state index contributed by atoms with van der Waals surface area (Å²) >= 11 is 0. The number of hydrogen-bond acceptors (Lipinski definition) is 9. The standard InChI is InChI=1S/C25H24O9/c1-12(26)31-19-7-6-17-22-18-9-21(33-14(3)28)20(32-13(2)27)8-16(18)10-25(22,5)11-30-23(17)24(19)34-15(4)29/h6-9,22H,10-11H2,1-5H3/t22-,25-/m0/s1. The maximum atomic E-state index is 11.8. The summed E-state index contributed by atoms with van der Waals surface area (Å²) in [5.41, 5.74) is 2.13. The predicted octanol–water partition coefficient (Wildman–Crippen LogP) is 3.47. The highest BCUT2D eigenvalue weighted by atomic mass is 16.6. The van der Waals surface area contributed by atoms with E-state index in [2.05, 4.69) is 6.92 Å². The Hall–Kier alpha value is -3.88. The van der Waals surface area contributed by atoms with Crippen LogP contribution >= 0.6 is 0 Å². The van der Waals surface area contributed by atoms with Crippen LogP contribution in [0, 0.1) is 5.41 Å². The zero-order chi connectivity index (χ0) is 24.8. The van der Waals surface area contributed by atoms with E-state index in [1.807, 2.05) is 0 Å². The van der Waals surface area contributed by atoms with Crippen molar-refractivity contribution in [3.05, 3.63) is 41.0 Å². The van der Waals surface area contributed by atoms with Gasteiger partial charge >= 0.3 is 23.9 Å². The number of hydrogen-bond donors (Lipinski definition) is 0. The number of fused-ring (bicyclic) bond motifs is 5. The van der Waals surface area contributed by atoms with Crippen LogP contribution in [0.4, 0.5) is 0 Å². The number of benzene rings is 2. The summed E-state index contributed by atoms with van der Waals surface area (Å²) in [6.07, 6.45) is 0.607. The van der Waals surface area contributed by atoms with Gasteiger partial charge in [-0.25, -0.2) is 0 Å². The van der Waals surface area contributed by atoms with Crippen LogP contribution in [-0.2, 0) is 25.6 Å². The van der Waals surface area contributed by atoms with Crippen molar-refractivity contribution < 1.29 is 42.9 Å². The van der Waals surface area contributed by atoms with Gasteiger partial charge in [0, 0.05) is 44.6 Å². The number of carbonyl (C=O) groups is 4. The Morgan fingerprint density at radius 3 is 1.94 bits per heavy atom. The second-order valence-electron chi connectivity index (χ2n) is 8.74. The molecule has 1 heterocycles. The molecule has 0 spiro atoms. The lowest BCUT2D eigenvalue weighted by molar-refractivity contribution is -0.134. The van der Waals surface area contributed by atoms with E-state index in [1.165, 1.54) is 27.7 Å². The van der Waals surface area contributed by atoms with E-state index in [-0.39, 0.29) is 40.9 Å². The molecule has 2 aromatic carbocycles. The predicted molar refractivity (Wildman–Crippen MR) is 117 cm³/mol. The van der Waals surface area contributed by atoms with Crippen LogP contribution in [0.1, 0.15) is 57.2 Å². The van der Waals surface area contributed by atoms with Crippen LogP contribution in [-0.4, -0.2) is 30.5 Å². The van der Waals surface area contributed by atoms with Gasteiger partial charge in [0.2, 0.25) is 5.75 Å². The minimum absolute atomic E-state index is 0.0347. The summed E-state index contributed by atoms with van der Waals surface area (Å²) in [7, 11) is 0. The Kier molecular flexibility index (Phi) is 5.80. The number of carbonyl (C=O) groups excluding carboxylic acids is 4. The second kappa shape index (κ2) is 8.48. The molecular weight excluding hydrogens is 444 g/mol. The lowest BCUT2D eigenvalue weighted by Crippen LogP contribution is -2.35. The summed E-state index contributed by atoms with van der Waals surface area (Å²) in [5, 5.41) is 0. The van der Waals surface area contributed by atoms with Crippen molar-refractivity contribution >= 4 is 23.9 Å². The number of esters is 4. The molecule has 34 heavy (non-hydrogen) atoms. The summed E-state index contributed by atoms with van der Waals surface area (Å²) in [6, 6.07) is 6.74. The van der Waals surface area contributed by atoms with Gasteiger partial charge in [0.15, 0.2) is 23.0 Å². The Bertz CT molecular complexity index is 1230. The molecule has 0 amide bonds. The molecule has 0 saturated carbocycles. The van der Waals surface area contributed by atoms with E-state index in [0.29, 0.717) is 12.2 Å². The van der Waals surface area contributed by atoms with Crippen molar-refractivity contribution in [3.8, 4) is 28.7 Å². The molecule has 0 N–H and O–H groups in total.